The molecule has 0 spiro atoms. The summed E-state index contributed by atoms with van der Waals surface area (Å²) in [6.45, 7) is 1.52. The van der Waals surface area contributed by atoms with Crippen molar-refractivity contribution in [3.8, 4) is 12.3 Å². The van der Waals surface area contributed by atoms with Gasteiger partial charge in [-0.2, -0.15) is 0 Å². The van der Waals surface area contributed by atoms with E-state index in [4.69, 9.17) is 6.42 Å². The van der Waals surface area contributed by atoms with Gasteiger partial charge in [0.1, 0.15) is 0 Å². The standard InChI is InChI=1S/C9H13N3/c1-4-5-11(2)7-9-6-10-8-12(9)3/h1,6,8H,5,7H2,2-3H3. The van der Waals surface area contributed by atoms with Crippen LogP contribution >= 0.6 is 0 Å². The Bertz CT molecular complexity index is 282. The number of imidazole rings is 1. The minimum absolute atomic E-state index is 0.672. The predicted octanol–water partition coefficient (Wildman–Crippen LogP) is 0.485. The molecule has 1 heterocycles. The fraction of sp³-hybridized carbons (Fsp3) is 0.444. The smallest absolute Gasteiger partial charge is 0.0945 e. The summed E-state index contributed by atoms with van der Waals surface area (Å²) < 4.78 is 1.99. The predicted molar refractivity (Wildman–Crippen MR) is 48.4 cm³/mol. The van der Waals surface area contributed by atoms with Crippen molar-refractivity contribution >= 4 is 0 Å². The molecule has 3 nitrogen and oxygen atoms in total. The van der Waals surface area contributed by atoms with Crippen LogP contribution in [0, 0.1) is 12.3 Å². The van der Waals surface area contributed by atoms with Gasteiger partial charge in [0.05, 0.1) is 18.6 Å². The number of aryl methyl sites for hydroxylation is 1. The molecule has 0 aliphatic rings. The van der Waals surface area contributed by atoms with Gasteiger partial charge in [-0.05, 0) is 7.05 Å². The number of terminal acetylenes is 1. The van der Waals surface area contributed by atoms with Crippen molar-refractivity contribution in [2.24, 2.45) is 7.05 Å². The van der Waals surface area contributed by atoms with E-state index in [2.05, 4.69) is 15.8 Å². The molecule has 0 aromatic carbocycles. The quantitative estimate of drug-likeness (QED) is 0.604. The van der Waals surface area contributed by atoms with Crippen LogP contribution in [-0.4, -0.2) is 28.0 Å². The number of aromatic nitrogens is 2. The van der Waals surface area contributed by atoms with Crippen molar-refractivity contribution in [1.29, 1.82) is 0 Å². The molecule has 0 unspecified atom stereocenters. The molecular formula is C9H13N3. The average Bonchev–Trinajstić information content (AvgIpc) is 2.37. The SMILES string of the molecule is C#CCN(C)Cc1cncn1C. The molecule has 64 valence electrons. The van der Waals surface area contributed by atoms with Crippen molar-refractivity contribution in [1.82, 2.24) is 14.5 Å². The third-order valence-corrected chi connectivity index (χ3v) is 1.71. The van der Waals surface area contributed by atoms with E-state index in [9.17, 15) is 0 Å². The molecular weight excluding hydrogens is 150 g/mol. The highest BCUT2D eigenvalue weighted by Gasteiger charge is 2.01. The van der Waals surface area contributed by atoms with Gasteiger partial charge < -0.3 is 4.57 Å². The molecule has 0 saturated carbocycles. The lowest BCUT2D eigenvalue weighted by Crippen LogP contribution is -2.19. The van der Waals surface area contributed by atoms with E-state index in [-0.39, 0.29) is 0 Å². The Morgan fingerprint density at radius 2 is 2.50 bits per heavy atom. The zero-order valence-corrected chi connectivity index (χ0v) is 7.49. The summed E-state index contributed by atoms with van der Waals surface area (Å²) in [6.07, 6.45) is 8.83. The summed E-state index contributed by atoms with van der Waals surface area (Å²) in [7, 11) is 3.97. The number of hydrogen-bond acceptors (Lipinski definition) is 2. The minimum Gasteiger partial charge on any atom is -0.337 e. The molecule has 0 aliphatic heterocycles. The van der Waals surface area contributed by atoms with Crippen LogP contribution in [0.15, 0.2) is 12.5 Å². The van der Waals surface area contributed by atoms with Crippen molar-refractivity contribution in [3.05, 3.63) is 18.2 Å². The lowest BCUT2D eigenvalue weighted by Gasteiger charge is -2.12. The van der Waals surface area contributed by atoms with Gasteiger partial charge in [-0.15, -0.1) is 6.42 Å². The normalized spacial score (nSPS) is 10.2. The summed E-state index contributed by atoms with van der Waals surface area (Å²) in [6, 6.07) is 0. The Kier molecular flexibility index (Phi) is 2.89. The first-order chi connectivity index (χ1) is 5.74. The van der Waals surface area contributed by atoms with Gasteiger partial charge in [0.25, 0.3) is 0 Å². The van der Waals surface area contributed by atoms with Crippen LogP contribution in [0.2, 0.25) is 0 Å². The second-order valence-electron chi connectivity index (χ2n) is 2.87. The van der Waals surface area contributed by atoms with Crippen molar-refractivity contribution in [2.45, 2.75) is 6.54 Å². The maximum Gasteiger partial charge on any atom is 0.0945 e. The molecule has 0 amide bonds. The topological polar surface area (TPSA) is 21.1 Å². The fourth-order valence-electron chi connectivity index (χ4n) is 1.03. The van der Waals surface area contributed by atoms with Crippen molar-refractivity contribution < 1.29 is 0 Å². The average molecular weight is 163 g/mol. The summed E-state index contributed by atoms with van der Waals surface area (Å²) in [5.74, 6) is 2.60. The van der Waals surface area contributed by atoms with Crippen molar-refractivity contribution in [3.63, 3.8) is 0 Å². The second-order valence-corrected chi connectivity index (χ2v) is 2.87. The molecule has 1 aromatic rings. The highest BCUT2D eigenvalue weighted by molar-refractivity contribution is 4.98. The molecule has 0 fully saturated rings. The Morgan fingerprint density at radius 1 is 1.75 bits per heavy atom. The van der Waals surface area contributed by atoms with Gasteiger partial charge in [0.15, 0.2) is 0 Å². The molecule has 0 N–H and O–H groups in total. The van der Waals surface area contributed by atoms with Crippen LogP contribution in [0.25, 0.3) is 0 Å². The van der Waals surface area contributed by atoms with Crippen LogP contribution in [0.5, 0.6) is 0 Å². The van der Waals surface area contributed by atoms with E-state index in [0.29, 0.717) is 6.54 Å². The first-order valence-electron chi connectivity index (χ1n) is 3.81. The van der Waals surface area contributed by atoms with Crippen LogP contribution < -0.4 is 0 Å². The van der Waals surface area contributed by atoms with Gasteiger partial charge in [-0.3, -0.25) is 4.90 Å². The Balaban J connectivity index is 2.53. The van der Waals surface area contributed by atoms with E-state index in [1.807, 2.05) is 24.9 Å². The van der Waals surface area contributed by atoms with E-state index < -0.39 is 0 Å². The summed E-state index contributed by atoms with van der Waals surface area (Å²) in [5, 5.41) is 0. The van der Waals surface area contributed by atoms with E-state index in [1.165, 1.54) is 5.69 Å². The molecule has 0 aliphatic carbocycles. The molecule has 0 atom stereocenters. The van der Waals surface area contributed by atoms with E-state index in [0.717, 1.165) is 6.54 Å². The van der Waals surface area contributed by atoms with Gasteiger partial charge >= 0.3 is 0 Å². The third-order valence-electron chi connectivity index (χ3n) is 1.71. The van der Waals surface area contributed by atoms with Gasteiger partial charge in [0.2, 0.25) is 0 Å². The lowest BCUT2D eigenvalue weighted by molar-refractivity contribution is 0.359. The summed E-state index contributed by atoms with van der Waals surface area (Å²) in [4.78, 5) is 6.09. The highest BCUT2D eigenvalue weighted by Crippen LogP contribution is 1.99. The minimum atomic E-state index is 0.672. The van der Waals surface area contributed by atoms with Gasteiger partial charge in [-0.25, -0.2) is 4.98 Å². The molecule has 0 radical (unpaired) electrons. The maximum atomic E-state index is 5.18. The monoisotopic (exact) mass is 163 g/mol. The molecule has 1 aromatic heterocycles. The largest absolute Gasteiger partial charge is 0.337 e. The molecule has 3 heteroatoms. The van der Waals surface area contributed by atoms with Crippen LogP contribution in [-0.2, 0) is 13.6 Å². The van der Waals surface area contributed by atoms with Gasteiger partial charge in [-0.1, -0.05) is 5.92 Å². The second kappa shape index (κ2) is 3.93. The summed E-state index contributed by atoms with van der Waals surface area (Å²) >= 11 is 0. The number of rotatable bonds is 3. The Labute approximate surface area is 73.0 Å². The zero-order chi connectivity index (χ0) is 8.97. The Hall–Kier alpha value is -1.27. The Morgan fingerprint density at radius 3 is 3.00 bits per heavy atom. The van der Waals surface area contributed by atoms with Crippen LogP contribution in [0.1, 0.15) is 5.69 Å². The first-order valence-corrected chi connectivity index (χ1v) is 3.81. The fourth-order valence-corrected chi connectivity index (χ4v) is 1.03. The number of hydrogen-bond donors (Lipinski definition) is 0. The van der Waals surface area contributed by atoms with E-state index >= 15 is 0 Å². The van der Waals surface area contributed by atoms with Gasteiger partial charge in [0, 0.05) is 19.8 Å². The van der Waals surface area contributed by atoms with Crippen LogP contribution in [0.4, 0.5) is 0 Å². The molecule has 0 saturated heterocycles. The van der Waals surface area contributed by atoms with E-state index in [1.54, 1.807) is 6.33 Å². The highest BCUT2D eigenvalue weighted by atomic mass is 15.1. The lowest BCUT2D eigenvalue weighted by atomic mass is 10.4. The first kappa shape index (κ1) is 8.82. The molecule has 12 heavy (non-hydrogen) atoms. The van der Waals surface area contributed by atoms with Crippen LogP contribution in [0.3, 0.4) is 0 Å². The third kappa shape index (κ3) is 2.11. The number of nitrogens with zero attached hydrogens (tertiary/aromatic N) is 3. The zero-order valence-electron chi connectivity index (χ0n) is 7.49. The van der Waals surface area contributed by atoms with Crippen molar-refractivity contribution in [2.75, 3.05) is 13.6 Å². The molecule has 0 bridgehead atoms. The maximum absolute atomic E-state index is 5.18. The summed E-state index contributed by atoms with van der Waals surface area (Å²) in [5.41, 5.74) is 1.17. The molecule has 1 rings (SSSR count).